The molecule has 0 bridgehead atoms. The summed E-state index contributed by atoms with van der Waals surface area (Å²) in [7, 11) is -1.79. The van der Waals surface area contributed by atoms with Gasteiger partial charge in [0, 0.05) is 22.0 Å². The lowest BCUT2D eigenvalue weighted by atomic mass is 9.59. The molecule has 36 heavy (non-hydrogen) atoms. The maximum atomic E-state index is 2.49. The van der Waals surface area contributed by atoms with Gasteiger partial charge < -0.3 is 4.90 Å². The zero-order valence-electron chi connectivity index (χ0n) is 20.5. The van der Waals surface area contributed by atoms with Gasteiger partial charge in [-0.15, -0.1) is 0 Å². The van der Waals surface area contributed by atoms with Gasteiger partial charge in [0.25, 0.3) is 5.99 Å². The fourth-order valence-corrected chi connectivity index (χ4v) is 10.3. The molecule has 4 heteroatoms. The summed E-state index contributed by atoms with van der Waals surface area (Å²) in [6.45, 7) is 4.96. The van der Waals surface area contributed by atoms with Crippen molar-refractivity contribution in [2.24, 2.45) is 0 Å². The molecule has 5 aromatic rings. The molecule has 0 amide bonds. The minimum absolute atomic E-state index is 0.289. The summed E-state index contributed by atoms with van der Waals surface area (Å²) in [4.78, 5) is 3.84. The molecular weight excluding hydrogens is 469 g/mol. The van der Waals surface area contributed by atoms with E-state index in [1.807, 2.05) is 11.6 Å². The second kappa shape index (κ2) is 8.29. The quantitative estimate of drug-likeness (QED) is 0.270. The highest BCUT2D eigenvalue weighted by Crippen LogP contribution is 2.42. The second-order valence-electron chi connectivity index (χ2n) is 10.2. The van der Waals surface area contributed by atoms with Crippen LogP contribution in [0.5, 0.6) is 0 Å². The molecule has 0 aliphatic carbocycles. The predicted molar refractivity (Wildman–Crippen MR) is 161 cm³/mol. The summed E-state index contributed by atoms with van der Waals surface area (Å²) in [5.41, 5.74) is 9.30. The Morgan fingerprint density at radius 3 is 1.94 bits per heavy atom. The minimum atomic E-state index is -1.79. The van der Waals surface area contributed by atoms with E-state index in [-0.39, 0.29) is 5.99 Å². The highest BCUT2D eigenvalue weighted by atomic mass is 32.2. The molecule has 0 saturated carbocycles. The molecule has 5 aromatic carbocycles. The number of nitrogens with zero attached hydrogens (tertiary/aromatic N) is 1. The van der Waals surface area contributed by atoms with Crippen LogP contribution in [0.1, 0.15) is 0 Å². The normalized spacial score (nSPS) is 14.9. The van der Waals surface area contributed by atoms with Crippen LogP contribution in [0.2, 0.25) is 13.1 Å². The van der Waals surface area contributed by atoms with Gasteiger partial charge in [0.2, 0.25) is 0 Å². The van der Waals surface area contributed by atoms with Crippen molar-refractivity contribution in [2.75, 3.05) is 4.90 Å². The number of benzene rings is 5. The van der Waals surface area contributed by atoms with Crippen molar-refractivity contribution in [1.82, 2.24) is 0 Å². The van der Waals surface area contributed by atoms with Crippen molar-refractivity contribution >= 4 is 64.0 Å². The average molecular weight is 496 g/mol. The molecule has 2 heterocycles. The van der Waals surface area contributed by atoms with Gasteiger partial charge in [0.1, 0.15) is 8.07 Å². The summed E-state index contributed by atoms with van der Waals surface area (Å²) < 4.78 is 0. The van der Waals surface area contributed by atoms with E-state index in [4.69, 9.17) is 0 Å². The Morgan fingerprint density at radius 1 is 0.611 bits per heavy atom. The predicted octanol–water partition coefficient (Wildman–Crippen LogP) is 6.17. The van der Waals surface area contributed by atoms with Crippen LogP contribution in [0, 0.1) is 0 Å². The smallest absolute Gasteiger partial charge is 0.281 e. The Kier molecular flexibility index (Phi) is 5.02. The molecule has 0 spiro atoms. The first kappa shape index (κ1) is 21.8. The lowest BCUT2D eigenvalue weighted by Crippen LogP contribution is -2.58. The van der Waals surface area contributed by atoms with Crippen molar-refractivity contribution in [1.29, 1.82) is 0 Å². The monoisotopic (exact) mass is 495 g/mol. The van der Waals surface area contributed by atoms with E-state index >= 15 is 0 Å². The lowest BCUT2D eigenvalue weighted by molar-refractivity contribution is 1.29. The van der Waals surface area contributed by atoms with E-state index < -0.39 is 8.07 Å². The van der Waals surface area contributed by atoms with Gasteiger partial charge in [-0.2, -0.15) is 11.6 Å². The summed E-state index contributed by atoms with van der Waals surface area (Å²) in [6.07, 6.45) is 0. The van der Waals surface area contributed by atoms with Crippen LogP contribution in [-0.4, -0.2) is 14.1 Å². The minimum Gasteiger partial charge on any atom is -0.311 e. The molecule has 1 nitrogen and oxygen atoms in total. The van der Waals surface area contributed by atoms with Gasteiger partial charge in [-0.3, -0.25) is 0 Å². The van der Waals surface area contributed by atoms with E-state index in [0.29, 0.717) is 0 Å². The van der Waals surface area contributed by atoms with Crippen LogP contribution < -0.4 is 26.2 Å². The Balaban J connectivity index is 1.46. The second-order valence-corrected chi connectivity index (χ2v) is 15.6. The van der Waals surface area contributed by atoms with Crippen molar-refractivity contribution in [3.63, 3.8) is 0 Å². The molecular formula is C32H26BNSSi. The van der Waals surface area contributed by atoms with Crippen molar-refractivity contribution in [3.05, 3.63) is 121 Å². The van der Waals surface area contributed by atoms with Gasteiger partial charge in [0.15, 0.2) is 0 Å². The Bertz CT molecular complexity index is 1560. The number of para-hydroxylation sites is 2. The van der Waals surface area contributed by atoms with E-state index in [1.165, 1.54) is 54.4 Å². The number of anilines is 3. The fourth-order valence-electron chi connectivity index (χ4n) is 5.95. The van der Waals surface area contributed by atoms with E-state index in [2.05, 4.69) is 139 Å². The third-order valence-corrected chi connectivity index (χ3v) is 12.6. The maximum absolute atomic E-state index is 2.49. The van der Waals surface area contributed by atoms with Crippen LogP contribution in [-0.2, 0) is 0 Å². The Labute approximate surface area is 218 Å². The first-order chi connectivity index (χ1) is 17.6. The zero-order valence-corrected chi connectivity index (χ0v) is 22.3. The summed E-state index contributed by atoms with van der Waals surface area (Å²) in [6, 6.07) is 45.0. The van der Waals surface area contributed by atoms with Gasteiger partial charge in [0.05, 0.1) is 0 Å². The van der Waals surface area contributed by atoms with Crippen molar-refractivity contribution < 1.29 is 0 Å². The standard InChI is InChI=1S/C32H26BNSSi/c1-36(2)31-18-10-7-15-28(31)34(29-16-8-11-19-32(29)36)24-20-21-27-26(22-24)25-14-6-9-17-30(25)35-33(27)23-12-4-3-5-13-23/h3-22H,1-2H3. The molecule has 0 unspecified atom stereocenters. The topological polar surface area (TPSA) is 3.24 Å². The zero-order chi connectivity index (χ0) is 24.3. The molecule has 2 aliphatic heterocycles. The number of hydrogen-bond donors (Lipinski definition) is 0. The third-order valence-electron chi connectivity index (χ3n) is 7.74. The van der Waals surface area contributed by atoms with Crippen molar-refractivity contribution in [3.8, 4) is 11.1 Å². The molecule has 0 fully saturated rings. The first-order valence-electron chi connectivity index (χ1n) is 12.6. The van der Waals surface area contributed by atoms with E-state index in [1.54, 1.807) is 0 Å². The molecule has 7 rings (SSSR count). The number of rotatable bonds is 2. The van der Waals surface area contributed by atoms with Crippen LogP contribution in [0.4, 0.5) is 17.1 Å². The van der Waals surface area contributed by atoms with Gasteiger partial charge in [-0.1, -0.05) is 115 Å². The number of hydrogen-bond acceptors (Lipinski definition) is 2. The molecule has 172 valence electrons. The Morgan fingerprint density at radius 2 is 1.22 bits per heavy atom. The van der Waals surface area contributed by atoms with E-state index in [9.17, 15) is 0 Å². The SMILES string of the molecule is C[Si]1(C)c2ccccc2N(c2ccc3c(c2)-c2ccccc2SB3c2ccccc2)c2ccccc21. The molecule has 0 atom stereocenters. The summed E-state index contributed by atoms with van der Waals surface area (Å²) in [5.74, 6) is 0.289. The summed E-state index contributed by atoms with van der Waals surface area (Å²) >= 11 is 1.96. The molecule has 0 aromatic heterocycles. The van der Waals surface area contributed by atoms with Crippen LogP contribution >= 0.6 is 11.6 Å². The average Bonchev–Trinajstić information content (AvgIpc) is 2.93. The highest BCUT2D eigenvalue weighted by Gasteiger charge is 2.38. The third kappa shape index (κ3) is 3.25. The maximum Gasteiger partial charge on any atom is 0.281 e. The fraction of sp³-hybridized carbons (Fsp3) is 0.0625. The first-order valence-corrected chi connectivity index (χ1v) is 16.4. The number of fused-ring (bicyclic) bond motifs is 5. The Hall–Kier alpha value is -3.47. The van der Waals surface area contributed by atoms with Crippen LogP contribution in [0.15, 0.2) is 126 Å². The molecule has 0 radical (unpaired) electrons. The van der Waals surface area contributed by atoms with Gasteiger partial charge in [-0.05, 0) is 51.8 Å². The van der Waals surface area contributed by atoms with E-state index in [0.717, 1.165) is 0 Å². The van der Waals surface area contributed by atoms with Gasteiger partial charge >= 0.3 is 0 Å². The van der Waals surface area contributed by atoms with Gasteiger partial charge in [-0.25, -0.2) is 0 Å². The lowest BCUT2D eigenvalue weighted by Gasteiger charge is -2.41. The van der Waals surface area contributed by atoms with Crippen molar-refractivity contribution in [2.45, 2.75) is 18.0 Å². The molecule has 2 aliphatic rings. The summed E-state index contributed by atoms with van der Waals surface area (Å²) in [5, 5.41) is 3.00. The molecule has 0 N–H and O–H groups in total. The highest BCUT2D eigenvalue weighted by molar-refractivity contribution is 8.28. The largest absolute Gasteiger partial charge is 0.311 e. The van der Waals surface area contributed by atoms with Crippen LogP contribution in [0.3, 0.4) is 0 Å². The van der Waals surface area contributed by atoms with Crippen LogP contribution in [0.25, 0.3) is 11.1 Å². The molecule has 0 saturated heterocycles.